The number of nitrogens with zero attached hydrogens (tertiary/aromatic N) is 2. The van der Waals surface area contributed by atoms with E-state index in [1.807, 2.05) is 42.5 Å². The quantitative estimate of drug-likeness (QED) is 0.511. The van der Waals surface area contributed by atoms with Gasteiger partial charge in [-0.05, 0) is 35.7 Å². The third-order valence-electron chi connectivity index (χ3n) is 3.84. The molecule has 1 atom stereocenters. The highest BCUT2D eigenvalue weighted by Gasteiger charge is 2.13. The molecule has 3 nitrogen and oxygen atoms in total. The van der Waals surface area contributed by atoms with E-state index < -0.39 is 12.8 Å². The van der Waals surface area contributed by atoms with E-state index in [0.29, 0.717) is 11.3 Å². The Kier molecular flexibility index (Phi) is 2.28. The molecule has 0 fully saturated rings. The molecule has 108 valence electrons. The summed E-state index contributed by atoms with van der Waals surface area (Å²) in [7, 11) is 0. The number of para-hydroxylation sites is 1. The zero-order valence-corrected chi connectivity index (χ0v) is 12.1. The molecule has 0 spiro atoms. The van der Waals surface area contributed by atoms with Crippen LogP contribution in [0.2, 0.25) is 0 Å². The summed E-state index contributed by atoms with van der Waals surface area (Å²) in [6.45, 7) is -0.344. The summed E-state index contributed by atoms with van der Waals surface area (Å²) in [5, 5.41) is 1.95. The van der Waals surface area contributed by atoms with Crippen LogP contribution in [0.4, 0.5) is 0 Å². The first-order chi connectivity index (χ1) is 11.9. The van der Waals surface area contributed by atoms with Crippen LogP contribution >= 0.6 is 0 Å². The topological polar surface area (TPSA) is 38.9 Å². The van der Waals surface area contributed by atoms with E-state index in [4.69, 9.17) is 8.53 Å². The molecule has 0 aliphatic carbocycles. The lowest BCUT2D eigenvalue weighted by molar-refractivity contribution is 0.655. The van der Waals surface area contributed by atoms with Gasteiger partial charge < -0.3 is 4.42 Å². The lowest BCUT2D eigenvalue weighted by Gasteiger charge is -2.06. The molecule has 0 amide bonds. The second kappa shape index (κ2) is 4.95. The monoisotopic (exact) mass is 291 g/mol. The molecule has 0 saturated carbocycles. The first-order valence-corrected chi connectivity index (χ1v) is 7.18. The SMILES string of the molecule is [2H]C([2H])([2H])C(C)c1ccc(-c2cccc3c2oc2ncccc23)nc1. The maximum atomic E-state index is 7.55. The van der Waals surface area contributed by atoms with Crippen LogP contribution in [0.25, 0.3) is 33.3 Å². The molecule has 1 aromatic carbocycles. The molecule has 0 saturated heterocycles. The van der Waals surface area contributed by atoms with Crippen molar-refractivity contribution in [1.82, 2.24) is 9.97 Å². The van der Waals surface area contributed by atoms with Crippen LogP contribution in [-0.2, 0) is 0 Å². The number of rotatable bonds is 2. The second-order valence-corrected chi connectivity index (χ2v) is 5.34. The Morgan fingerprint density at radius 2 is 1.95 bits per heavy atom. The van der Waals surface area contributed by atoms with Crippen LogP contribution in [0.5, 0.6) is 0 Å². The number of hydrogen-bond donors (Lipinski definition) is 0. The molecule has 3 aromatic heterocycles. The van der Waals surface area contributed by atoms with Gasteiger partial charge in [0.25, 0.3) is 0 Å². The van der Waals surface area contributed by atoms with Crippen molar-refractivity contribution in [3.8, 4) is 11.3 Å². The third kappa shape index (κ3) is 1.98. The van der Waals surface area contributed by atoms with Crippen molar-refractivity contribution in [2.75, 3.05) is 0 Å². The summed E-state index contributed by atoms with van der Waals surface area (Å²) in [4.78, 5) is 8.74. The molecule has 0 aliphatic heterocycles. The Morgan fingerprint density at radius 3 is 2.77 bits per heavy atom. The van der Waals surface area contributed by atoms with Crippen molar-refractivity contribution < 1.29 is 8.53 Å². The minimum absolute atomic E-state index is 0.555. The van der Waals surface area contributed by atoms with Crippen LogP contribution < -0.4 is 0 Å². The van der Waals surface area contributed by atoms with Crippen molar-refractivity contribution in [3.05, 3.63) is 60.4 Å². The molecule has 4 rings (SSSR count). The van der Waals surface area contributed by atoms with Crippen molar-refractivity contribution in [2.24, 2.45) is 0 Å². The van der Waals surface area contributed by atoms with Crippen molar-refractivity contribution in [3.63, 3.8) is 0 Å². The van der Waals surface area contributed by atoms with Gasteiger partial charge in [-0.25, -0.2) is 4.98 Å². The fourth-order valence-corrected chi connectivity index (χ4v) is 2.66. The minimum Gasteiger partial charge on any atom is -0.437 e. The van der Waals surface area contributed by atoms with Crippen LogP contribution in [0, 0.1) is 0 Å². The molecule has 3 heteroatoms. The van der Waals surface area contributed by atoms with Gasteiger partial charge in [-0.2, -0.15) is 0 Å². The molecular weight excluding hydrogens is 272 g/mol. The number of pyridine rings is 2. The Bertz CT molecular complexity index is 1050. The largest absolute Gasteiger partial charge is 0.437 e. The average molecular weight is 291 g/mol. The predicted molar refractivity (Wildman–Crippen MR) is 88.8 cm³/mol. The smallest absolute Gasteiger partial charge is 0.227 e. The van der Waals surface area contributed by atoms with E-state index >= 15 is 0 Å². The normalized spacial score (nSPS) is 15.4. The number of benzene rings is 1. The first-order valence-electron chi connectivity index (χ1n) is 8.68. The molecule has 22 heavy (non-hydrogen) atoms. The summed E-state index contributed by atoms with van der Waals surface area (Å²) in [6.07, 6.45) is 3.33. The van der Waals surface area contributed by atoms with Gasteiger partial charge >= 0.3 is 0 Å². The molecule has 3 heterocycles. The van der Waals surface area contributed by atoms with Crippen molar-refractivity contribution in [2.45, 2.75) is 19.7 Å². The van der Waals surface area contributed by atoms with Gasteiger partial charge in [0.1, 0.15) is 5.58 Å². The summed E-state index contributed by atoms with van der Waals surface area (Å²) in [5.74, 6) is -0.555. The Hall–Kier alpha value is -2.68. The number of furan rings is 1. The van der Waals surface area contributed by atoms with Crippen molar-refractivity contribution in [1.29, 1.82) is 0 Å². The molecule has 4 aromatic rings. The van der Waals surface area contributed by atoms with Gasteiger partial charge in [0.2, 0.25) is 5.71 Å². The van der Waals surface area contributed by atoms with E-state index in [1.54, 1.807) is 19.3 Å². The van der Waals surface area contributed by atoms with E-state index in [-0.39, 0.29) is 0 Å². The Balaban J connectivity index is 1.82. The Labute approximate surface area is 132 Å². The molecule has 0 bridgehead atoms. The molecule has 1 unspecified atom stereocenters. The highest BCUT2D eigenvalue weighted by Crippen LogP contribution is 2.34. The van der Waals surface area contributed by atoms with Crippen LogP contribution in [0.1, 0.15) is 29.4 Å². The number of fused-ring (bicyclic) bond motifs is 3. The molecule has 0 radical (unpaired) electrons. The minimum atomic E-state index is -2.03. The van der Waals surface area contributed by atoms with E-state index in [0.717, 1.165) is 27.6 Å². The van der Waals surface area contributed by atoms with Gasteiger partial charge in [0.05, 0.1) is 5.69 Å². The van der Waals surface area contributed by atoms with Crippen LogP contribution in [-0.4, -0.2) is 9.97 Å². The third-order valence-corrected chi connectivity index (χ3v) is 3.84. The summed E-state index contributed by atoms with van der Waals surface area (Å²) in [5.41, 5.74) is 3.63. The second-order valence-electron chi connectivity index (χ2n) is 5.34. The zero-order chi connectivity index (χ0) is 17.6. The van der Waals surface area contributed by atoms with Crippen LogP contribution in [0.3, 0.4) is 0 Å². The van der Waals surface area contributed by atoms with E-state index in [9.17, 15) is 0 Å². The van der Waals surface area contributed by atoms with Gasteiger partial charge in [0.15, 0.2) is 0 Å². The molecule has 0 aliphatic rings. The molecule has 0 N–H and O–H groups in total. The van der Waals surface area contributed by atoms with Crippen molar-refractivity contribution >= 4 is 22.1 Å². The number of aromatic nitrogens is 2. The average Bonchev–Trinajstić information content (AvgIpc) is 2.99. The van der Waals surface area contributed by atoms with Gasteiger partial charge in [-0.3, -0.25) is 4.98 Å². The maximum absolute atomic E-state index is 7.55. The van der Waals surface area contributed by atoms with Crippen LogP contribution in [0.15, 0.2) is 59.3 Å². The Morgan fingerprint density at radius 1 is 1.05 bits per heavy atom. The van der Waals surface area contributed by atoms with E-state index in [2.05, 4.69) is 9.97 Å². The maximum Gasteiger partial charge on any atom is 0.227 e. The summed E-state index contributed by atoms with van der Waals surface area (Å²) < 4.78 is 28.6. The molecular formula is C19H16N2O. The lowest BCUT2D eigenvalue weighted by Crippen LogP contribution is -1.90. The zero-order valence-electron chi connectivity index (χ0n) is 15.1. The highest BCUT2D eigenvalue weighted by molar-refractivity contribution is 6.08. The fourth-order valence-electron chi connectivity index (χ4n) is 2.66. The van der Waals surface area contributed by atoms with Gasteiger partial charge in [-0.15, -0.1) is 0 Å². The highest BCUT2D eigenvalue weighted by atomic mass is 16.3. The summed E-state index contributed by atoms with van der Waals surface area (Å²) >= 11 is 0. The fraction of sp³-hybridized carbons (Fsp3) is 0.158. The summed E-state index contributed by atoms with van der Waals surface area (Å²) in [6, 6.07) is 13.4. The predicted octanol–water partition coefficient (Wildman–Crippen LogP) is 5.17. The van der Waals surface area contributed by atoms with Gasteiger partial charge in [0, 0.05) is 32.8 Å². The van der Waals surface area contributed by atoms with E-state index in [1.165, 1.54) is 0 Å². The standard InChI is InChI=1S/C19H16N2O/c1-12(2)13-8-9-17(21-11-13)16-6-3-5-14-15-7-4-10-20-19(15)22-18(14)16/h3-12H,1-2H3/i1D3. The number of hydrogen-bond acceptors (Lipinski definition) is 3. The van der Waals surface area contributed by atoms with Gasteiger partial charge in [-0.1, -0.05) is 32.0 Å². The first kappa shape index (κ1) is 10.1. The lowest BCUT2D eigenvalue weighted by atomic mass is 10.0.